The molecule has 0 spiro atoms. The van der Waals surface area contributed by atoms with Gasteiger partial charge in [0.25, 0.3) is 0 Å². The van der Waals surface area contributed by atoms with Crippen molar-refractivity contribution in [2.75, 3.05) is 12.3 Å². The third-order valence-electron chi connectivity index (χ3n) is 4.12. The van der Waals surface area contributed by atoms with Crippen LogP contribution >= 0.6 is 0 Å². The van der Waals surface area contributed by atoms with Crippen LogP contribution in [0, 0.1) is 5.41 Å². The number of nitrogen functional groups attached to an aromatic ring is 1. The molecule has 1 aliphatic heterocycles. The fourth-order valence-corrected chi connectivity index (χ4v) is 3.36. The van der Waals surface area contributed by atoms with Crippen LogP contribution in [-0.4, -0.2) is 23.6 Å². The highest BCUT2D eigenvalue weighted by Crippen LogP contribution is 2.41. The van der Waals surface area contributed by atoms with E-state index < -0.39 is 6.09 Å². The van der Waals surface area contributed by atoms with E-state index in [2.05, 4.69) is 20.8 Å². The van der Waals surface area contributed by atoms with Crippen LogP contribution in [-0.2, 0) is 0 Å². The van der Waals surface area contributed by atoms with Crippen LogP contribution in [0.3, 0.4) is 0 Å². The van der Waals surface area contributed by atoms with Crippen LogP contribution in [0.5, 0.6) is 0 Å². The number of hydrogen-bond donors (Lipinski definition) is 1. The predicted molar refractivity (Wildman–Crippen MR) is 78.2 cm³/mol. The Morgan fingerprint density at radius 2 is 1.90 bits per heavy atom. The maximum Gasteiger partial charge on any atom is 0.137 e. The fraction of sp³-hybridized carbons (Fsp3) is 0.562. The molecule has 1 aromatic carbocycles. The molecular formula is C16H23N2O2-. The molecule has 1 saturated heterocycles. The zero-order valence-corrected chi connectivity index (χ0v) is 12.4. The van der Waals surface area contributed by atoms with E-state index in [0.717, 1.165) is 24.1 Å². The third-order valence-corrected chi connectivity index (χ3v) is 4.12. The first-order chi connectivity index (χ1) is 9.30. The van der Waals surface area contributed by atoms with Crippen molar-refractivity contribution in [1.29, 1.82) is 0 Å². The van der Waals surface area contributed by atoms with E-state index in [0.29, 0.717) is 6.54 Å². The highest BCUT2D eigenvalue weighted by Gasteiger charge is 2.40. The van der Waals surface area contributed by atoms with Gasteiger partial charge < -0.3 is 20.5 Å². The van der Waals surface area contributed by atoms with E-state index in [-0.39, 0.29) is 17.4 Å². The summed E-state index contributed by atoms with van der Waals surface area (Å²) in [6.07, 6.45) is 0.802. The average molecular weight is 275 g/mol. The zero-order chi connectivity index (χ0) is 14.9. The number of benzene rings is 1. The summed E-state index contributed by atoms with van der Waals surface area (Å²) in [5.74, 6) is 0.197. The number of likely N-dealkylation sites (tertiary alicyclic amines) is 1. The molecule has 2 rings (SSSR count). The van der Waals surface area contributed by atoms with Crippen LogP contribution in [0.2, 0.25) is 0 Å². The molecule has 110 valence electrons. The Kier molecular flexibility index (Phi) is 3.93. The number of amides is 1. The Morgan fingerprint density at radius 3 is 2.40 bits per heavy atom. The van der Waals surface area contributed by atoms with E-state index in [4.69, 9.17) is 5.73 Å². The van der Waals surface area contributed by atoms with Crippen molar-refractivity contribution < 1.29 is 9.90 Å². The van der Waals surface area contributed by atoms with E-state index >= 15 is 0 Å². The minimum Gasteiger partial charge on any atom is -0.530 e. The molecule has 1 fully saturated rings. The summed E-state index contributed by atoms with van der Waals surface area (Å²) < 4.78 is 0. The van der Waals surface area contributed by atoms with Crippen LogP contribution in [0.15, 0.2) is 24.3 Å². The number of nitrogens with two attached hydrogens (primary N) is 1. The van der Waals surface area contributed by atoms with Gasteiger partial charge in [-0.3, -0.25) is 0 Å². The lowest BCUT2D eigenvalue weighted by atomic mass is 9.71. The highest BCUT2D eigenvalue weighted by atomic mass is 16.4. The molecule has 1 aliphatic rings. The minimum atomic E-state index is -1.06. The smallest absolute Gasteiger partial charge is 0.137 e. The first-order valence-electron chi connectivity index (χ1n) is 7.14. The van der Waals surface area contributed by atoms with E-state index in [9.17, 15) is 9.90 Å². The van der Waals surface area contributed by atoms with Gasteiger partial charge in [-0.15, -0.1) is 0 Å². The summed E-state index contributed by atoms with van der Waals surface area (Å²) in [7, 11) is 0. The van der Waals surface area contributed by atoms with E-state index in [1.54, 1.807) is 0 Å². The van der Waals surface area contributed by atoms with Crippen molar-refractivity contribution in [2.24, 2.45) is 5.41 Å². The van der Waals surface area contributed by atoms with Gasteiger partial charge in [-0.1, -0.05) is 32.9 Å². The Hall–Kier alpha value is -1.71. The molecule has 0 saturated carbocycles. The molecular weight excluding hydrogens is 252 g/mol. The Morgan fingerprint density at radius 1 is 1.30 bits per heavy atom. The molecule has 4 heteroatoms. The van der Waals surface area contributed by atoms with Crippen molar-refractivity contribution in [1.82, 2.24) is 4.90 Å². The van der Waals surface area contributed by atoms with Crippen LogP contribution in [0.1, 0.15) is 45.1 Å². The predicted octanol–water partition coefficient (Wildman–Crippen LogP) is 2.21. The van der Waals surface area contributed by atoms with Gasteiger partial charge in [0.05, 0.1) is 0 Å². The van der Waals surface area contributed by atoms with Crippen molar-refractivity contribution in [2.45, 2.75) is 45.6 Å². The molecule has 20 heavy (non-hydrogen) atoms. The topological polar surface area (TPSA) is 69.4 Å². The SMILES string of the molecule is CC(C)(C)C1C(c2ccc(N)cc2)CCCN1C(=O)[O-]. The standard InChI is InChI=1S/C16H24N2O2/c1-16(2,3)14-13(5-4-10-18(14)15(19)20)11-6-8-12(17)9-7-11/h6-9,13-14H,4-5,10,17H2,1-3H3,(H,19,20)/p-1. The van der Waals surface area contributed by atoms with Crippen molar-refractivity contribution in [3.05, 3.63) is 29.8 Å². The van der Waals surface area contributed by atoms with Gasteiger partial charge in [-0.25, -0.2) is 0 Å². The second kappa shape index (κ2) is 5.35. The number of carboxylic acid groups (broad SMARTS) is 1. The number of rotatable bonds is 1. The van der Waals surface area contributed by atoms with Gasteiger partial charge >= 0.3 is 0 Å². The van der Waals surface area contributed by atoms with Gasteiger partial charge in [0.15, 0.2) is 0 Å². The van der Waals surface area contributed by atoms with E-state index in [1.165, 1.54) is 4.90 Å². The molecule has 2 atom stereocenters. The molecule has 2 N–H and O–H groups in total. The lowest BCUT2D eigenvalue weighted by Gasteiger charge is -2.49. The summed E-state index contributed by atoms with van der Waals surface area (Å²) in [5.41, 5.74) is 7.49. The van der Waals surface area contributed by atoms with Crippen molar-refractivity contribution in [3.63, 3.8) is 0 Å². The number of carbonyl (C=O) groups is 1. The Bertz CT molecular complexity index is 476. The van der Waals surface area contributed by atoms with Crippen LogP contribution in [0.4, 0.5) is 10.5 Å². The first kappa shape index (κ1) is 14.7. The number of anilines is 1. The maximum atomic E-state index is 11.4. The van der Waals surface area contributed by atoms with Gasteiger partial charge in [0.2, 0.25) is 0 Å². The van der Waals surface area contributed by atoms with Crippen molar-refractivity contribution >= 4 is 11.8 Å². The minimum absolute atomic E-state index is 0.0649. The summed E-state index contributed by atoms with van der Waals surface area (Å²) >= 11 is 0. The number of piperidine rings is 1. The fourth-order valence-electron chi connectivity index (χ4n) is 3.36. The largest absolute Gasteiger partial charge is 0.530 e. The first-order valence-corrected chi connectivity index (χ1v) is 7.14. The Labute approximate surface area is 120 Å². The Balaban J connectivity index is 2.38. The zero-order valence-electron chi connectivity index (χ0n) is 12.4. The monoisotopic (exact) mass is 275 g/mol. The average Bonchev–Trinajstić information content (AvgIpc) is 2.37. The summed E-state index contributed by atoms with van der Waals surface area (Å²) in [6, 6.07) is 7.72. The highest BCUT2D eigenvalue weighted by molar-refractivity contribution is 5.63. The van der Waals surface area contributed by atoms with Gasteiger partial charge in [0, 0.05) is 24.2 Å². The number of hydrogen-bond acceptors (Lipinski definition) is 3. The molecule has 2 unspecified atom stereocenters. The maximum absolute atomic E-state index is 11.4. The summed E-state index contributed by atoms with van der Waals surface area (Å²) in [6.45, 7) is 6.82. The third kappa shape index (κ3) is 2.89. The summed E-state index contributed by atoms with van der Waals surface area (Å²) in [5, 5.41) is 11.4. The van der Waals surface area contributed by atoms with Gasteiger partial charge in [-0.05, 0) is 36.0 Å². The molecule has 4 nitrogen and oxygen atoms in total. The molecule has 1 amide bonds. The van der Waals surface area contributed by atoms with Crippen molar-refractivity contribution in [3.8, 4) is 0 Å². The molecule has 0 radical (unpaired) electrons. The number of nitrogens with zero attached hydrogens (tertiary/aromatic N) is 1. The second-order valence-electron chi connectivity index (χ2n) is 6.69. The lowest BCUT2D eigenvalue weighted by Crippen LogP contribution is -2.57. The molecule has 1 heterocycles. The van der Waals surface area contributed by atoms with Gasteiger partial charge in [0.1, 0.15) is 6.09 Å². The second-order valence-corrected chi connectivity index (χ2v) is 6.69. The lowest BCUT2D eigenvalue weighted by molar-refractivity contribution is -0.271. The quantitative estimate of drug-likeness (QED) is 0.799. The molecule has 0 aliphatic carbocycles. The van der Waals surface area contributed by atoms with Crippen LogP contribution < -0.4 is 10.8 Å². The van der Waals surface area contributed by atoms with E-state index in [1.807, 2.05) is 24.3 Å². The molecule has 1 aromatic rings. The molecule has 0 bridgehead atoms. The molecule has 0 aromatic heterocycles. The van der Waals surface area contributed by atoms with Crippen LogP contribution in [0.25, 0.3) is 0 Å². The summed E-state index contributed by atoms with van der Waals surface area (Å²) in [4.78, 5) is 12.9. The van der Waals surface area contributed by atoms with Gasteiger partial charge in [-0.2, -0.15) is 0 Å². The number of carbonyl (C=O) groups excluding carboxylic acids is 1. The normalized spacial score (nSPS) is 23.6.